The zero-order chi connectivity index (χ0) is 13.0. The molecule has 1 aliphatic carbocycles. The van der Waals surface area contributed by atoms with Gasteiger partial charge in [-0.2, -0.15) is 0 Å². The average molecular weight is 254 g/mol. The summed E-state index contributed by atoms with van der Waals surface area (Å²) in [6, 6.07) is 0. The Morgan fingerprint density at radius 2 is 2.11 bits per heavy atom. The summed E-state index contributed by atoms with van der Waals surface area (Å²) in [5.41, 5.74) is 0. The van der Waals surface area contributed by atoms with E-state index in [2.05, 4.69) is 10.2 Å². The molecule has 6 nitrogen and oxygen atoms in total. The number of rotatable bonds is 6. The third kappa shape index (κ3) is 3.07. The van der Waals surface area contributed by atoms with Gasteiger partial charge in [-0.3, -0.25) is 0 Å². The Kier molecular flexibility index (Phi) is 4.30. The van der Waals surface area contributed by atoms with Crippen LogP contribution in [0.2, 0.25) is 0 Å². The van der Waals surface area contributed by atoms with E-state index in [4.69, 9.17) is 13.9 Å². The van der Waals surface area contributed by atoms with Crippen LogP contribution in [0.3, 0.4) is 0 Å². The van der Waals surface area contributed by atoms with Gasteiger partial charge in [0.2, 0.25) is 5.89 Å². The van der Waals surface area contributed by atoms with Crippen molar-refractivity contribution >= 4 is 5.97 Å². The Morgan fingerprint density at radius 1 is 1.33 bits per heavy atom. The van der Waals surface area contributed by atoms with Crippen molar-refractivity contribution in [2.75, 3.05) is 13.2 Å². The van der Waals surface area contributed by atoms with Gasteiger partial charge >= 0.3 is 11.9 Å². The van der Waals surface area contributed by atoms with Crippen LogP contribution in [0.15, 0.2) is 4.42 Å². The Bertz CT molecular complexity index is 399. The molecule has 0 N–H and O–H groups in total. The van der Waals surface area contributed by atoms with Crippen LogP contribution in [0.4, 0.5) is 0 Å². The number of esters is 1. The van der Waals surface area contributed by atoms with Gasteiger partial charge in [-0.05, 0) is 32.6 Å². The van der Waals surface area contributed by atoms with Crippen LogP contribution in [-0.2, 0) is 15.9 Å². The highest BCUT2D eigenvalue weighted by atomic mass is 16.5. The second-order valence-electron chi connectivity index (χ2n) is 4.34. The topological polar surface area (TPSA) is 74.5 Å². The summed E-state index contributed by atoms with van der Waals surface area (Å²) in [5.74, 6) is 0.389. The van der Waals surface area contributed by atoms with Gasteiger partial charge in [0.25, 0.3) is 0 Å². The van der Waals surface area contributed by atoms with Crippen LogP contribution in [0.1, 0.15) is 43.3 Å². The summed E-state index contributed by atoms with van der Waals surface area (Å²) in [6.45, 7) is 4.79. The van der Waals surface area contributed by atoms with E-state index in [1.807, 2.05) is 6.92 Å². The minimum absolute atomic E-state index is 0.0625. The van der Waals surface area contributed by atoms with Gasteiger partial charge in [0, 0.05) is 13.0 Å². The summed E-state index contributed by atoms with van der Waals surface area (Å²) in [4.78, 5) is 11.3. The lowest BCUT2D eigenvalue weighted by molar-refractivity contribution is -0.0256. The lowest BCUT2D eigenvalue weighted by atomic mass is 9.80. The third-order valence-electron chi connectivity index (χ3n) is 2.98. The lowest BCUT2D eigenvalue weighted by Gasteiger charge is -2.33. The van der Waals surface area contributed by atoms with Crippen molar-refractivity contribution < 1.29 is 18.7 Å². The van der Waals surface area contributed by atoms with E-state index in [0.29, 0.717) is 30.9 Å². The van der Waals surface area contributed by atoms with Gasteiger partial charge in [0.05, 0.1) is 12.7 Å². The van der Waals surface area contributed by atoms with Gasteiger partial charge < -0.3 is 13.9 Å². The maximum absolute atomic E-state index is 11.3. The van der Waals surface area contributed by atoms with Crippen LogP contribution in [0.25, 0.3) is 0 Å². The third-order valence-corrected chi connectivity index (χ3v) is 2.98. The summed E-state index contributed by atoms with van der Waals surface area (Å²) in [5, 5.41) is 7.53. The normalized spacial score (nSPS) is 22.6. The molecule has 100 valence electrons. The molecule has 0 unspecified atom stereocenters. The van der Waals surface area contributed by atoms with Gasteiger partial charge in [-0.15, -0.1) is 10.2 Å². The fourth-order valence-electron chi connectivity index (χ4n) is 2.07. The van der Waals surface area contributed by atoms with E-state index in [1.54, 1.807) is 6.92 Å². The molecular formula is C12H18N2O4. The van der Waals surface area contributed by atoms with E-state index in [-0.39, 0.29) is 5.89 Å². The molecule has 0 amide bonds. The van der Waals surface area contributed by atoms with E-state index >= 15 is 0 Å². The highest BCUT2D eigenvalue weighted by Crippen LogP contribution is 2.32. The first kappa shape index (κ1) is 13.0. The molecule has 0 radical (unpaired) electrons. The lowest BCUT2D eigenvalue weighted by Crippen LogP contribution is -2.32. The maximum Gasteiger partial charge on any atom is 0.396 e. The Labute approximate surface area is 106 Å². The molecule has 1 saturated carbocycles. The average Bonchev–Trinajstić information content (AvgIpc) is 2.75. The molecule has 1 fully saturated rings. The predicted octanol–water partition coefficient (Wildman–Crippen LogP) is 1.60. The molecule has 1 aromatic heterocycles. The molecule has 0 aliphatic heterocycles. The summed E-state index contributed by atoms with van der Waals surface area (Å²) >= 11 is 0. The number of carbonyl (C=O) groups is 1. The van der Waals surface area contributed by atoms with Gasteiger partial charge in [0.15, 0.2) is 0 Å². The Hall–Kier alpha value is -1.43. The van der Waals surface area contributed by atoms with Crippen LogP contribution >= 0.6 is 0 Å². The monoisotopic (exact) mass is 254 g/mol. The van der Waals surface area contributed by atoms with Crippen molar-refractivity contribution in [3.63, 3.8) is 0 Å². The zero-order valence-electron chi connectivity index (χ0n) is 10.7. The van der Waals surface area contributed by atoms with E-state index in [0.717, 1.165) is 19.4 Å². The van der Waals surface area contributed by atoms with Crippen molar-refractivity contribution in [1.29, 1.82) is 0 Å². The van der Waals surface area contributed by atoms with Crippen LogP contribution in [-0.4, -0.2) is 35.5 Å². The fourth-order valence-corrected chi connectivity index (χ4v) is 2.07. The smallest absolute Gasteiger partial charge is 0.396 e. The summed E-state index contributed by atoms with van der Waals surface area (Å²) in [6.07, 6.45) is 3.11. The van der Waals surface area contributed by atoms with E-state index in [9.17, 15) is 4.79 Å². The molecule has 0 atom stereocenters. The molecule has 1 heterocycles. The van der Waals surface area contributed by atoms with Crippen LogP contribution in [0, 0.1) is 5.92 Å². The number of hydrogen-bond acceptors (Lipinski definition) is 6. The van der Waals surface area contributed by atoms with Gasteiger partial charge in [0.1, 0.15) is 0 Å². The fraction of sp³-hybridized carbons (Fsp3) is 0.750. The second-order valence-corrected chi connectivity index (χ2v) is 4.34. The van der Waals surface area contributed by atoms with Crippen molar-refractivity contribution in [2.45, 2.75) is 39.2 Å². The molecule has 1 aliphatic rings. The van der Waals surface area contributed by atoms with E-state index < -0.39 is 5.97 Å². The Morgan fingerprint density at radius 3 is 2.78 bits per heavy atom. The highest BCUT2D eigenvalue weighted by molar-refractivity contribution is 5.83. The molecule has 0 bridgehead atoms. The van der Waals surface area contributed by atoms with Crippen molar-refractivity contribution in [3.05, 3.63) is 11.8 Å². The molecule has 2 rings (SSSR count). The van der Waals surface area contributed by atoms with Crippen LogP contribution < -0.4 is 0 Å². The molecule has 0 aromatic carbocycles. The first-order chi connectivity index (χ1) is 8.72. The van der Waals surface area contributed by atoms with Gasteiger partial charge in [-0.25, -0.2) is 4.79 Å². The molecule has 6 heteroatoms. The first-order valence-electron chi connectivity index (χ1n) is 6.34. The molecule has 1 aromatic rings. The standard InChI is InChI=1S/C12H18N2O4/c1-3-16-9-5-8(6-9)7-10-13-14-11(18-10)12(15)17-4-2/h8-9H,3-7H2,1-2H3. The second kappa shape index (κ2) is 5.95. The minimum Gasteiger partial charge on any atom is -0.459 e. The quantitative estimate of drug-likeness (QED) is 0.718. The van der Waals surface area contributed by atoms with Crippen molar-refractivity contribution in [1.82, 2.24) is 10.2 Å². The molecular weight excluding hydrogens is 236 g/mol. The first-order valence-corrected chi connectivity index (χ1v) is 6.34. The summed E-state index contributed by atoms with van der Waals surface area (Å²) in [7, 11) is 0. The van der Waals surface area contributed by atoms with Crippen LogP contribution in [0.5, 0.6) is 0 Å². The number of nitrogens with zero attached hydrogens (tertiary/aromatic N) is 2. The van der Waals surface area contributed by atoms with E-state index in [1.165, 1.54) is 0 Å². The minimum atomic E-state index is -0.558. The SMILES string of the molecule is CCOC(=O)c1nnc(CC2CC(OCC)C2)o1. The molecule has 18 heavy (non-hydrogen) atoms. The number of carbonyl (C=O) groups excluding carboxylic acids is 1. The van der Waals surface area contributed by atoms with Crippen molar-refractivity contribution in [3.8, 4) is 0 Å². The largest absolute Gasteiger partial charge is 0.459 e. The maximum atomic E-state index is 11.3. The number of aromatic nitrogens is 2. The molecule has 0 saturated heterocycles. The van der Waals surface area contributed by atoms with Crippen molar-refractivity contribution in [2.24, 2.45) is 5.92 Å². The number of hydrogen-bond donors (Lipinski definition) is 0. The summed E-state index contributed by atoms with van der Waals surface area (Å²) < 4.78 is 15.5. The highest BCUT2D eigenvalue weighted by Gasteiger charge is 2.31. The zero-order valence-corrected chi connectivity index (χ0v) is 10.7. The Balaban J connectivity index is 1.79. The molecule has 0 spiro atoms. The van der Waals surface area contributed by atoms with Gasteiger partial charge in [-0.1, -0.05) is 0 Å². The number of ether oxygens (including phenoxy) is 2. The predicted molar refractivity (Wildman–Crippen MR) is 62.1 cm³/mol.